The molecular formula is C16H15N3O. The summed E-state index contributed by atoms with van der Waals surface area (Å²) in [5.41, 5.74) is 9.43. The maximum Gasteiger partial charge on any atom is 0.256 e. The van der Waals surface area contributed by atoms with Gasteiger partial charge in [0.2, 0.25) is 0 Å². The second-order valence-electron chi connectivity index (χ2n) is 4.58. The minimum atomic E-state index is -0.267. The number of anilines is 2. The van der Waals surface area contributed by atoms with Gasteiger partial charge in [0.15, 0.2) is 0 Å². The van der Waals surface area contributed by atoms with E-state index in [9.17, 15) is 4.79 Å². The molecule has 0 saturated carbocycles. The molecule has 0 atom stereocenters. The van der Waals surface area contributed by atoms with Crippen LogP contribution < -0.4 is 11.1 Å². The number of nitrogens with two attached hydrogens (primary N) is 1. The van der Waals surface area contributed by atoms with Crippen LogP contribution >= 0.6 is 0 Å². The molecule has 2 aromatic carbocycles. The van der Waals surface area contributed by atoms with Crippen LogP contribution in [0.2, 0.25) is 0 Å². The number of hydrogen-bond donors (Lipinski definition) is 2. The Morgan fingerprint density at radius 1 is 1.20 bits per heavy atom. The summed E-state index contributed by atoms with van der Waals surface area (Å²) in [6.45, 7) is 3.63. The molecule has 0 saturated heterocycles. The third kappa shape index (κ3) is 2.47. The predicted octanol–water partition coefficient (Wildman–Crippen LogP) is 3.01. The van der Waals surface area contributed by atoms with Crippen molar-refractivity contribution in [3.8, 4) is 6.07 Å². The summed E-state index contributed by atoms with van der Waals surface area (Å²) in [6.07, 6.45) is 0. The Morgan fingerprint density at radius 3 is 2.60 bits per heavy atom. The van der Waals surface area contributed by atoms with Crippen molar-refractivity contribution in [1.82, 2.24) is 0 Å². The molecule has 0 bridgehead atoms. The largest absolute Gasteiger partial charge is 0.398 e. The van der Waals surface area contributed by atoms with E-state index in [2.05, 4.69) is 11.4 Å². The van der Waals surface area contributed by atoms with E-state index in [0.29, 0.717) is 22.5 Å². The molecule has 0 heterocycles. The first-order valence-corrected chi connectivity index (χ1v) is 6.20. The van der Waals surface area contributed by atoms with Crippen LogP contribution in [0.15, 0.2) is 36.4 Å². The highest BCUT2D eigenvalue weighted by Gasteiger charge is 2.13. The summed E-state index contributed by atoms with van der Waals surface area (Å²) in [6, 6.07) is 12.7. The summed E-state index contributed by atoms with van der Waals surface area (Å²) in [5.74, 6) is -0.267. The second kappa shape index (κ2) is 5.45. The minimum Gasteiger partial charge on any atom is -0.398 e. The molecular weight excluding hydrogens is 250 g/mol. The normalized spacial score (nSPS) is 9.85. The fourth-order valence-electron chi connectivity index (χ4n) is 2.01. The highest BCUT2D eigenvalue weighted by Crippen LogP contribution is 2.21. The van der Waals surface area contributed by atoms with Crippen LogP contribution in [0.4, 0.5) is 11.4 Å². The van der Waals surface area contributed by atoms with Gasteiger partial charge in [0.25, 0.3) is 5.91 Å². The molecule has 0 aliphatic rings. The standard InChI is InChI=1S/C16H15N3O/c1-10-5-3-8-15(13(10)9-17)19-16(20)12-6-4-7-14(18)11(12)2/h3-8H,18H2,1-2H3,(H,19,20). The zero-order valence-electron chi connectivity index (χ0n) is 11.4. The zero-order chi connectivity index (χ0) is 14.7. The molecule has 0 aliphatic carbocycles. The van der Waals surface area contributed by atoms with Gasteiger partial charge in [0.05, 0.1) is 11.3 Å². The van der Waals surface area contributed by atoms with Crippen molar-refractivity contribution in [2.45, 2.75) is 13.8 Å². The van der Waals surface area contributed by atoms with Crippen LogP contribution in [0, 0.1) is 25.2 Å². The fraction of sp³-hybridized carbons (Fsp3) is 0.125. The summed E-state index contributed by atoms with van der Waals surface area (Å²) in [4.78, 5) is 12.3. The van der Waals surface area contributed by atoms with Gasteiger partial charge in [0, 0.05) is 11.3 Å². The van der Waals surface area contributed by atoms with Crippen molar-refractivity contribution in [2.75, 3.05) is 11.1 Å². The smallest absolute Gasteiger partial charge is 0.256 e. The Balaban J connectivity index is 2.36. The van der Waals surface area contributed by atoms with E-state index in [4.69, 9.17) is 11.0 Å². The quantitative estimate of drug-likeness (QED) is 0.819. The molecule has 0 spiro atoms. The van der Waals surface area contributed by atoms with E-state index in [1.807, 2.05) is 13.0 Å². The highest BCUT2D eigenvalue weighted by atomic mass is 16.1. The van der Waals surface area contributed by atoms with Crippen LogP contribution in [0.25, 0.3) is 0 Å². The summed E-state index contributed by atoms with van der Waals surface area (Å²) < 4.78 is 0. The molecule has 4 heteroatoms. The lowest BCUT2D eigenvalue weighted by Gasteiger charge is -2.11. The van der Waals surface area contributed by atoms with Crippen LogP contribution in [0.3, 0.4) is 0 Å². The van der Waals surface area contributed by atoms with E-state index < -0.39 is 0 Å². The summed E-state index contributed by atoms with van der Waals surface area (Å²) >= 11 is 0. The van der Waals surface area contributed by atoms with Gasteiger partial charge in [-0.1, -0.05) is 18.2 Å². The number of nitrogen functional groups attached to an aromatic ring is 1. The molecule has 20 heavy (non-hydrogen) atoms. The van der Waals surface area contributed by atoms with Gasteiger partial charge in [-0.2, -0.15) is 5.26 Å². The average molecular weight is 265 g/mol. The SMILES string of the molecule is Cc1cccc(NC(=O)c2cccc(N)c2C)c1C#N. The fourth-order valence-corrected chi connectivity index (χ4v) is 2.01. The number of benzene rings is 2. The molecule has 1 amide bonds. The van der Waals surface area contributed by atoms with Gasteiger partial charge >= 0.3 is 0 Å². The number of amides is 1. The maximum atomic E-state index is 12.3. The lowest BCUT2D eigenvalue weighted by Crippen LogP contribution is -2.15. The van der Waals surface area contributed by atoms with Crippen LogP contribution in [-0.4, -0.2) is 5.91 Å². The molecule has 0 unspecified atom stereocenters. The Labute approximate surface area is 117 Å². The van der Waals surface area contributed by atoms with Gasteiger partial charge in [0.1, 0.15) is 6.07 Å². The molecule has 0 aromatic heterocycles. The molecule has 100 valence electrons. The number of carbonyl (C=O) groups is 1. The van der Waals surface area contributed by atoms with Crippen molar-refractivity contribution < 1.29 is 4.79 Å². The number of rotatable bonds is 2. The number of nitrogens with zero attached hydrogens (tertiary/aromatic N) is 1. The van der Waals surface area contributed by atoms with Crippen molar-refractivity contribution in [1.29, 1.82) is 5.26 Å². The molecule has 0 aliphatic heterocycles. The predicted molar refractivity (Wildman–Crippen MR) is 79.4 cm³/mol. The number of carbonyl (C=O) groups excluding carboxylic acids is 1. The zero-order valence-corrected chi connectivity index (χ0v) is 11.4. The van der Waals surface area contributed by atoms with E-state index in [0.717, 1.165) is 11.1 Å². The van der Waals surface area contributed by atoms with Gasteiger partial charge in [-0.05, 0) is 43.2 Å². The first-order valence-electron chi connectivity index (χ1n) is 6.20. The third-order valence-corrected chi connectivity index (χ3v) is 3.25. The number of aryl methyl sites for hydroxylation is 1. The highest BCUT2D eigenvalue weighted by molar-refractivity contribution is 6.06. The number of hydrogen-bond acceptors (Lipinski definition) is 3. The molecule has 0 radical (unpaired) electrons. The molecule has 2 aromatic rings. The lowest BCUT2D eigenvalue weighted by atomic mass is 10.0. The monoisotopic (exact) mass is 265 g/mol. The average Bonchev–Trinajstić information content (AvgIpc) is 2.42. The van der Waals surface area contributed by atoms with Crippen molar-refractivity contribution in [3.63, 3.8) is 0 Å². The topological polar surface area (TPSA) is 78.9 Å². The van der Waals surface area contributed by atoms with Gasteiger partial charge in [-0.15, -0.1) is 0 Å². The maximum absolute atomic E-state index is 12.3. The Kier molecular flexibility index (Phi) is 3.72. The molecule has 0 fully saturated rings. The van der Waals surface area contributed by atoms with Gasteiger partial charge in [-0.3, -0.25) is 4.79 Å². The van der Waals surface area contributed by atoms with Crippen LogP contribution in [0.1, 0.15) is 27.0 Å². The van der Waals surface area contributed by atoms with E-state index in [1.54, 1.807) is 37.3 Å². The summed E-state index contributed by atoms with van der Waals surface area (Å²) in [5, 5.41) is 11.9. The number of nitriles is 1. The van der Waals surface area contributed by atoms with Crippen LogP contribution in [0.5, 0.6) is 0 Å². The van der Waals surface area contributed by atoms with Gasteiger partial charge in [-0.25, -0.2) is 0 Å². The number of nitrogens with one attached hydrogen (secondary N) is 1. The molecule has 4 nitrogen and oxygen atoms in total. The van der Waals surface area contributed by atoms with E-state index >= 15 is 0 Å². The van der Waals surface area contributed by atoms with E-state index in [-0.39, 0.29) is 5.91 Å². The first kappa shape index (κ1) is 13.6. The van der Waals surface area contributed by atoms with Crippen LogP contribution in [-0.2, 0) is 0 Å². The second-order valence-corrected chi connectivity index (χ2v) is 4.58. The van der Waals surface area contributed by atoms with Gasteiger partial charge < -0.3 is 11.1 Å². The summed E-state index contributed by atoms with van der Waals surface area (Å²) in [7, 11) is 0. The third-order valence-electron chi connectivity index (χ3n) is 3.25. The van der Waals surface area contributed by atoms with E-state index in [1.165, 1.54) is 0 Å². The van der Waals surface area contributed by atoms with Crippen molar-refractivity contribution in [3.05, 3.63) is 58.7 Å². The minimum absolute atomic E-state index is 0.267. The Hall–Kier alpha value is -2.80. The first-order chi connectivity index (χ1) is 9.54. The van der Waals surface area contributed by atoms with Crippen molar-refractivity contribution >= 4 is 17.3 Å². The Morgan fingerprint density at radius 2 is 1.90 bits per heavy atom. The Bertz CT molecular complexity index is 714. The molecule has 3 N–H and O–H groups in total. The van der Waals surface area contributed by atoms with Crippen molar-refractivity contribution in [2.24, 2.45) is 0 Å². The molecule has 2 rings (SSSR count). The lowest BCUT2D eigenvalue weighted by molar-refractivity contribution is 0.102.